The Kier molecular flexibility index (Phi) is 5.79. The van der Waals surface area contributed by atoms with E-state index in [0.717, 1.165) is 37.9 Å². The van der Waals surface area contributed by atoms with Crippen LogP contribution in [0.5, 0.6) is 0 Å². The third-order valence-electron chi connectivity index (χ3n) is 5.93. The van der Waals surface area contributed by atoms with E-state index in [1.165, 1.54) is 10.5 Å². The van der Waals surface area contributed by atoms with Gasteiger partial charge in [-0.2, -0.15) is 0 Å². The molecule has 0 aromatic heterocycles. The molecule has 0 unspecified atom stereocenters. The Hall–Kier alpha value is -2.17. The fourth-order valence-corrected chi connectivity index (χ4v) is 4.43. The van der Waals surface area contributed by atoms with Gasteiger partial charge in [0, 0.05) is 5.02 Å². The second-order valence-corrected chi connectivity index (χ2v) is 8.27. The highest BCUT2D eigenvalue weighted by Gasteiger charge is 2.42. The molecule has 2 heterocycles. The van der Waals surface area contributed by atoms with E-state index < -0.39 is 0 Å². The molecular weight excluding hydrogens is 372 g/mol. The maximum Gasteiger partial charge on any atom is 0.247 e. The number of piperidine rings is 1. The monoisotopic (exact) mass is 396 g/mol. The SMILES string of the molecule is O=C1C[C@H](N2CCC(Cc3ccccc3)CC2)C(=O)N1Cc1ccc(Cl)cc1. The second kappa shape index (κ2) is 8.46. The molecule has 0 aliphatic carbocycles. The number of benzene rings is 2. The normalized spacial score (nSPS) is 21.5. The molecule has 2 aliphatic heterocycles. The average Bonchev–Trinajstić information content (AvgIpc) is 2.99. The highest BCUT2D eigenvalue weighted by atomic mass is 35.5. The van der Waals surface area contributed by atoms with E-state index >= 15 is 0 Å². The summed E-state index contributed by atoms with van der Waals surface area (Å²) >= 11 is 5.92. The number of nitrogens with zero attached hydrogens (tertiary/aromatic N) is 2. The summed E-state index contributed by atoms with van der Waals surface area (Å²) in [5.74, 6) is 0.522. The molecule has 2 aliphatic rings. The Morgan fingerprint density at radius 1 is 0.893 bits per heavy atom. The van der Waals surface area contributed by atoms with Gasteiger partial charge in [0.2, 0.25) is 11.8 Å². The van der Waals surface area contributed by atoms with Crippen molar-refractivity contribution in [3.05, 3.63) is 70.7 Å². The third-order valence-corrected chi connectivity index (χ3v) is 6.18. The van der Waals surface area contributed by atoms with Crippen molar-refractivity contribution in [2.24, 2.45) is 5.92 Å². The van der Waals surface area contributed by atoms with Crippen LogP contribution in [0, 0.1) is 5.92 Å². The van der Waals surface area contributed by atoms with Crippen LogP contribution in [-0.4, -0.2) is 40.7 Å². The zero-order chi connectivity index (χ0) is 19.5. The highest BCUT2D eigenvalue weighted by molar-refractivity contribution is 6.30. The predicted molar refractivity (Wildman–Crippen MR) is 110 cm³/mol. The van der Waals surface area contributed by atoms with Crippen molar-refractivity contribution in [1.29, 1.82) is 0 Å². The lowest BCUT2D eigenvalue weighted by Gasteiger charge is -2.34. The summed E-state index contributed by atoms with van der Waals surface area (Å²) in [4.78, 5) is 29.0. The van der Waals surface area contributed by atoms with Crippen LogP contribution in [0.4, 0.5) is 0 Å². The van der Waals surface area contributed by atoms with Gasteiger partial charge in [-0.1, -0.05) is 54.1 Å². The maximum absolute atomic E-state index is 12.9. The van der Waals surface area contributed by atoms with Crippen LogP contribution in [-0.2, 0) is 22.6 Å². The number of hydrogen-bond donors (Lipinski definition) is 0. The van der Waals surface area contributed by atoms with Crippen molar-refractivity contribution in [1.82, 2.24) is 9.80 Å². The molecule has 4 rings (SSSR count). The van der Waals surface area contributed by atoms with Crippen LogP contribution in [0.3, 0.4) is 0 Å². The third kappa shape index (κ3) is 4.29. The molecule has 0 saturated carbocycles. The average molecular weight is 397 g/mol. The number of carbonyl (C=O) groups excluding carboxylic acids is 2. The maximum atomic E-state index is 12.9. The number of hydrogen-bond acceptors (Lipinski definition) is 3. The lowest BCUT2D eigenvalue weighted by Crippen LogP contribution is -2.46. The summed E-state index contributed by atoms with van der Waals surface area (Å²) < 4.78 is 0. The Labute approximate surface area is 171 Å². The molecule has 2 aromatic rings. The molecule has 0 bridgehead atoms. The van der Waals surface area contributed by atoms with Gasteiger partial charge >= 0.3 is 0 Å². The summed E-state index contributed by atoms with van der Waals surface area (Å²) in [7, 11) is 0. The first-order chi connectivity index (χ1) is 13.6. The second-order valence-electron chi connectivity index (χ2n) is 7.83. The van der Waals surface area contributed by atoms with E-state index in [9.17, 15) is 9.59 Å². The largest absolute Gasteiger partial charge is 0.292 e. The molecule has 0 spiro atoms. The van der Waals surface area contributed by atoms with E-state index in [1.807, 2.05) is 18.2 Å². The molecular formula is C23H25ClN2O2. The Morgan fingerprint density at radius 3 is 2.25 bits per heavy atom. The number of rotatable bonds is 5. The fourth-order valence-electron chi connectivity index (χ4n) is 4.31. The van der Waals surface area contributed by atoms with Crippen LogP contribution >= 0.6 is 11.6 Å². The van der Waals surface area contributed by atoms with Gasteiger partial charge in [-0.25, -0.2) is 0 Å². The van der Waals surface area contributed by atoms with Crippen LogP contribution in [0.2, 0.25) is 5.02 Å². The van der Waals surface area contributed by atoms with Gasteiger partial charge < -0.3 is 0 Å². The number of halogens is 1. The van der Waals surface area contributed by atoms with Crippen LogP contribution < -0.4 is 0 Å². The van der Waals surface area contributed by atoms with Gasteiger partial charge in [0.1, 0.15) is 0 Å². The summed E-state index contributed by atoms with van der Waals surface area (Å²) in [6.07, 6.45) is 3.54. The molecule has 2 amide bonds. The summed E-state index contributed by atoms with van der Waals surface area (Å²) in [6.45, 7) is 2.10. The summed E-state index contributed by atoms with van der Waals surface area (Å²) in [5.41, 5.74) is 2.30. The molecule has 2 saturated heterocycles. The van der Waals surface area contributed by atoms with Crippen LogP contribution in [0.1, 0.15) is 30.4 Å². The Bertz CT molecular complexity index is 829. The molecule has 4 nitrogen and oxygen atoms in total. The van der Waals surface area contributed by atoms with Gasteiger partial charge in [0.15, 0.2) is 0 Å². The highest BCUT2D eigenvalue weighted by Crippen LogP contribution is 2.28. The molecule has 2 fully saturated rings. The molecule has 28 heavy (non-hydrogen) atoms. The van der Waals surface area contributed by atoms with Gasteiger partial charge in [-0.3, -0.25) is 19.4 Å². The van der Waals surface area contributed by atoms with Crippen molar-refractivity contribution >= 4 is 23.4 Å². The number of imide groups is 1. The predicted octanol–water partition coefficient (Wildman–Crippen LogP) is 3.92. The minimum absolute atomic E-state index is 0.0542. The van der Waals surface area contributed by atoms with Gasteiger partial charge in [-0.05, 0) is 61.5 Å². The number of carbonyl (C=O) groups is 2. The van der Waals surface area contributed by atoms with Gasteiger partial charge in [0.25, 0.3) is 0 Å². The quantitative estimate of drug-likeness (QED) is 0.719. The zero-order valence-electron chi connectivity index (χ0n) is 15.9. The zero-order valence-corrected chi connectivity index (χ0v) is 16.6. The summed E-state index contributed by atoms with van der Waals surface area (Å²) in [5, 5.41) is 0.652. The van der Waals surface area contributed by atoms with Crippen molar-refractivity contribution in [3.63, 3.8) is 0 Å². The molecule has 5 heteroatoms. The van der Waals surface area contributed by atoms with Gasteiger partial charge in [0.05, 0.1) is 19.0 Å². The summed E-state index contributed by atoms with van der Waals surface area (Å²) in [6, 6.07) is 17.6. The first-order valence-corrected chi connectivity index (χ1v) is 10.3. The van der Waals surface area contributed by atoms with E-state index in [0.29, 0.717) is 23.9 Å². The molecule has 146 valence electrons. The van der Waals surface area contributed by atoms with Crippen molar-refractivity contribution in [2.75, 3.05) is 13.1 Å². The Morgan fingerprint density at radius 2 is 1.57 bits per heavy atom. The molecule has 0 radical (unpaired) electrons. The molecule has 1 atom stereocenters. The molecule has 2 aromatic carbocycles. The lowest BCUT2D eigenvalue weighted by molar-refractivity contribution is -0.140. The standard InChI is InChI=1S/C23H25ClN2O2/c24-20-8-6-19(7-9-20)16-26-22(27)15-21(23(26)28)25-12-10-18(11-13-25)14-17-4-2-1-3-5-17/h1-9,18,21H,10-16H2/t21-/m0/s1. The Balaban J connectivity index is 1.33. The number of amides is 2. The van der Waals surface area contributed by atoms with Crippen molar-refractivity contribution < 1.29 is 9.59 Å². The number of likely N-dealkylation sites (tertiary alicyclic amines) is 2. The first-order valence-electron chi connectivity index (χ1n) is 9.97. The van der Waals surface area contributed by atoms with E-state index in [1.54, 1.807) is 12.1 Å². The fraction of sp³-hybridized carbons (Fsp3) is 0.391. The van der Waals surface area contributed by atoms with E-state index in [4.69, 9.17) is 11.6 Å². The first kappa shape index (κ1) is 19.2. The van der Waals surface area contributed by atoms with Crippen molar-refractivity contribution in [3.8, 4) is 0 Å². The smallest absolute Gasteiger partial charge is 0.247 e. The van der Waals surface area contributed by atoms with Crippen LogP contribution in [0.15, 0.2) is 54.6 Å². The minimum atomic E-state index is -0.294. The topological polar surface area (TPSA) is 40.6 Å². The van der Waals surface area contributed by atoms with E-state index in [2.05, 4.69) is 29.2 Å². The van der Waals surface area contributed by atoms with Crippen molar-refractivity contribution in [2.45, 2.75) is 38.3 Å². The lowest BCUT2D eigenvalue weighted by atomic mass is 9.89. The minimum Gasteiger partial charge on any atom is -0.292 e. The van der Waals surface area contributed by atoms with Crippen LogP contribution in [0.25, 0.3) is 0 Å². The van der Waals surface area contributed by atoms with Gasteiger partial charge in [-0.15, -0.1) is 0 Å². The molecule has 0 N–H and O–H groups in total. The van der Waals surface area contributed by atoms with E-state index in [-0.39, 0.29) is 17.9 Å².